The zero-order chi connectivity index (χ0) is 21.8. The van der Waals surface area contributed by atoms with Gasteiger partial charge in [-0.3, -0.25) is 9.59 Å². The van der Waals surface area contributed by atoms with E-state index in [1.165, 1.54) is 6.20 Å². The van der Waals surface area contributed by atoms with Crippen molar-refractivity contribution in [3.05, 3.63) is 72.1 Å². The molecule has 1 aliphatic rings. The highest BCUT2D eigenvalue weighted by Crippen LogP contribution is 2.21. The second kappa shape index (κ2) is 8.93. The van der Waals surface area contributed by atoms with Gasteiger partial charge in [-0.15, -0.1) is 0 Å². The number of amides is 2. The molecule has 0 saturated carbocycles. The standard InChI is InChI=1S/C23H24N6O2.3H2/c1-28-11-13-29(14-12-28)23(31)17-9-7-16(8-10-17)19-15-25-21(24)20(27-19)22(30)26-18-5-3-2-4-6-18;;;/h2-10,15H,11-14H2,1H3,(H2,24,25)(H,26,30);3*1H. The fourth-order valence-corrected chi connectivity index (χ4v) is 3.39. The van der Waals surface area contributed by atoms with Gasteiger partial charge in [0.05, 0.1) is 11.9 Å². The lowest BCUT2D eigenvalue weighted by Gasteiger charge is -2.32. The third-order valence-corrected chi connectivity index (χ3v) is 5.27. The van der Waals surface area contributed by atoms with Gasteiger partial charge < -0.3 is 20.9 Å². The van der Waals surface area contributed by atoms with Crippen LogP contribution in [0.1, 0.15) is 25.1 Å². The summed E-state index contributed by atoms with van der Waals surface area (Å²) < 4.78 is 0. The summed E-state index contributed by atoms with van der Waals surface area (Å²) in [4.78, 5) is 38.0. The van der Waals surface area contributed by atoms with E-state index in [1.54, 1.807) is 24.3 Å². The number of nitrogens with two attached hydrogens (primary N) is 1. The van der Waals surface area contributed by atoms with Crippen molar-refractivity contribution >= 4 is 23.3 Å². The summed E-state index contributed by atoms with van der Waals surface area (Å²) >= 11 is 0. The van der Waals surface area contributed by atoms with Crippen molar-refractivity contribution in [3.63, 3.8) is 0 Å². The first kappa shape index (κ1) is 20.5. The summed E-state index contributed by atoms with van der Waals surface area (Å²) in [6.07, 6.45) is 1.52. The summed E-state index contributed by atoms with van der Waals surface area (Å²) in [7, 11) is 2.05. The van der Waals surface area contributed by atoms with Crippen molar-refractivity contribution in [2.45, 2.75) is 0 Å². The van der Waals surface area contributed by atoms with Crippen LogP contribution in [0.5, 0.6) is 0 Å². The molecule has 0 bridgehead atoms. The van der Waals surface area contributed by atoms with Gasteiger partial charge in [-0.25, -0.2) is 9.97 Å². The number of anilines is 2. The average Bonchev–Trinajstić information content (AvgIpc) is 2.80. The van der Waals surface area contributed by atoms with E-state index in [0.29, 0.717) is 16.9 Å². The Balaban J connectivity index is 0.00000193. The molecule has 0 radical (unpaired) electrons. The van der Waals surface area contributed by atoms with Crippen molar-refractivity contribution in [2.75, 3.05) is 44.3 Å². The monoisotopic (exact) mass is 422 g/mol. The number of nitrogens with zero attached hydrogens (tertiary/aromatic N) is 4. The number of para-hydroxylation sites is 1. The third-order valence-electron chi connectivity index (χ3n) is 5.27. The van der Waals surface area contributed by atoms with Gasteiger partial charge in [0, 0.05) is 47.3 Å². The minimum atomic E-state index is -0.431. The molecule has 0 unspecified atom stereocenters. The highest BCUT2D eigenvalue weighted by molar-refractivity contribution is 6.06. The Labute approximate surface area is 185 Å². The Morgan fingerprint density at radius 3 is 2.35 bits per heavy atom. The number of carbonyl (C=O) groups excluding carboxylic acids is 2. The minimum Gasteiger partial charge on any atom is -0.382 e. The first-order chi connectivity index (χ1) is 15.0. The number of aromatic nitrogens is 2. The number of hydrogen-bond donors (Lipinski definition) is 2. The molecule has 0 spiro atoms. The molecule has 164 valence electrons. The molecular weight excluding hydrogens is 392 g/mol. The topological polar surface area (TPSA) is 104 Å². The van der Waals surface area contributed by atoms with E-state index in [2.05, 4.69) is 27.2 Å². The number of nitrogens with one attached hydrogen (secondary N) is 1. The molecule has 1 aliphatic heterocycles. The maximum Gasteiger partial charge on any atom is 0.278 e. The van der Waals surface area contributed by atoms with Crippen LogP contribution in [0.15, 0.2) is 60.8 Å². The molecule has 0 atom stereocenters. The zero-order valence-corrected chi connectivity index (χ0v) is 17.3. The second-order valence-electron chi connectivity index (χ2n) is 7.48. The molecular formula is C23H30N6O2. The van der Waals surface area contributed by atoms with Crippen LogP contribution in [0.2, 0.25) is 0 Å². The largest absolute Gasteiger partial charge is 0.382 e. The summed E-state index contributed by atoms with van der Waals surface area (Å²) in [5.41, 5.74) is 8.47. The average molecular weight is 423 g/mol. The number of nitrogen functional groups attached to an aromatic ring is 1. The molecule has 2 aromatic carbocycles. The van der Waals surface area contributed by atoms with Gasteiger partial charge in [-0.1, -0.05) is 30.3 Å². The van der Waals surface area contributed by atoms with Crippen molar-refractivity contribution in [1.29, 1.82) is 0 Å². The van der Waals surface area contributed by atoms with Crippen LogP contribution >= 0.6 is 0 Å². The number of carbonyl (C=O) groups is 2. The molecule has 2 amide bonds. The van der Waals surface area contributed by atoms with E-state index < -0.39 is 5.91 Å². The van der Waals surface area contributed by atoms with E-state index >= 15 is 0 Å². The lowest BCUT2D eigenvalue weighted by molar-refractivity contribution is 0.0664. The summed E-state index contributed by atoms with van der Waals surface area (Å²) in [6.45, 7) is 3.19. The number of benzene rings is 2. The van der Waals surface area contributed by atoms with Crippen LogP contribution in [0, 0.1) is 0 Å². The maximum absolute atomic E-state index is 12.7. The second-order valence-corrected chi connectivity index (χ2v) is 7.48. The number of piperazine rings is 1. The summed E-state index contributed by atoms with van der Waals surface area (Å²) in [6, 6.07) is 16.2. The number of rotatable bonds is 4. The van der Waals surface area contributed by atoms with Crippen LogP contribution < -0.4 is 11.1 Å². The quantitative estimate of drug-likeness (QED) is 0.669. The molecule has 8 heteroatoms. The van der Waals surface area contributed by atoms with E-state index in [0.717, 1.165) is 31.7 Å². The maximum atomic E-state index is 12.7. The van der Waals surface area contributed by atoms with E-state index in [-0.39, 0.29) is 21.7 Å². The van der Waals surface area contributed by atoms with Crippen molar-refractivity contribution in [3.8, 4) is 11.3 Å². The molecule has 31 heavy (non-hydrogen) atoms. The number of hydrogen-bond acceptors (Lipinski definition) is 6. The van der Waals surface area contributed by atoms with Gasteiger partial charge >= 0.3 is 0 Å². The predicted molar refractivity (Wildman–Crippen MR) is 126 cm³/mol. The van der Waals surface area contributed by atoms with Crippen molar-refractivity contribution in [1.82, 2.24) is 19.8 Å². The Bertz CT molecular complexity index is 1090. The highest BCUT2D eigenvalue weighted by Gasteiger charge is 2.20. The first-order valence-corrected chi connectivity index (χ1v) is 10.1. The zero-order valence-electron chi connectivity index (χ0n) is 17.3. The molecule has 1 fully saturated rings. The van der Waals surface area contributed by atoms with Gasteiger partial charge in [0.25, 0.3) is 11.8 Å². The fraction of sp³-hybridized carbons (Fsp3) is 0.217. The summed E-state index contributed by atoms with van der Waals surface area (Å²) in [5, 5.41) is 2.77. The summed E-state index contributed by atoms with van der Waals surface area (Å²) in [5.74, 6) is -0.357. The van der Waals surface area contributed by atoms with Gasteiger partial charge in [0.15, 0.2) is 11.5 Å². The molecule has 3 aromatic rings. The molecule has 4 rings (SSSR count). The molecule has 8 nitrogen and oxygen atoms in total. The predicted octanol–water partition coefficient (Wildman–Crippen LogP) is 3.10. The first-order valence-electron chi connectivity index (χ1n) is 10.1. The van der Waals surface area contributed by atoms with Crippen molar-refractivity contribution in [2.24, 2.45) is 0 Å². The fourth-order valence-electron chi connectivity index (χ4n) is 3.39. The molecule has 1 aromatic heterocycles. The van der Waals surface area contributed by atoms with Crippen LogP contribution in [-0.2, 0) is 0 Å². The lowest BCUT2D eigenvalue weighted by atomic mass is 10.1. The Kier molecular flexibility index (Phi) is 5.90. The minimum absolute atomic E-state index is 0. The smallest absolute Gasteiger partial charge is 0.278 e. The van der Waals surface area contributed by atoms with Crippen LogP contribution in [-0.4, -0.2) is 64.8 Å². The van der Waals surface area contributed by atoms with Gasteiger partial charge in [0.2, 0.25) is 0 Å². The van der Waals surface area contributed by atoms with Gasteiger partial charge in [0.1, 0.15) is 0 Å². The molecule has 1 saturated heterocycles. The van der Waals surface area contributed by atoms with Crippen LogP contribution in [0.25, 0.3) is 11.3 Å². The normalized spacial score (nSPS) is 14.3. The van der Waals surface area contributed by atoms with E-state index in [9.17, 15) is 9.59 Å². The molecule has 3 N–H and O–H groups in total. The van der Waals surface area contributed by atoms with E-state index in [4.69, 9.17) is 5.73 Å². The SMILES string of the molecule is CN1CCN(C(=O)c2ccc(-c3cnc(N)c(C(=O)Nc4ccccc4)n3)cc2)CC1.[HH].[HH].[HH]. The van der Waals surface area contributed by atoms with E-state index in [1.807, 2.05) is 35.2 Å². The molecule has 0 aliphatic carbocycles. The molecule has 2 heterocycles. The van der Waals surface area contributed by atoms with Crippen molar-refractivity contribution < 1.29 is 13.9 Å². The van der Waals surface area contributed by atoms with Crippen LogP contribution in [0.3, 0.4) is 0 Å². The third kappa shape index (κ3) is 4.70. The van der Waals surface area contributed by atoms with Gasteiger partial charge in [-0.05, 0) is 31.3 Å². The highest BCUT2D eigenvalue weighted by atomic mass is 16.2. The van der Waals surface area contributed by atoms with Crippen LogP contribution in [0.4, 0.5) is 11.5 Å². The van der Waals surface area contributed by atoms with Gasteiger partial charge in [-0.2, -0.15) is 0 Å². The Hall–Kier alpha value is -3.78. The lowest BCUT2D eigenvalue weighted by Crippen LogP contribution is -2.47. The Morgan fingerprint density at radius 1 is 1.00 bits per heavy atom. The Morgan fingerprint density at radius 2 is 1.68 bits per heavy atom. The number of likely N-dealkylation sites (N-methyl/N-ethyl adjacent to an activating group) is 1.